The van der Waals surface area contributed by atoms with Crippen LogP contribution in [-0.2, 0) is 30.8 Å². The van der Waals surface area contributed by atoms with E-state index in [1.807, 2.05) is 37.3 Å². The van der Waals surface area contributed by atoms with Gasteiger partial charge in [0.1, 0.15) is 0 Å². The number of hydrogen-bond acceptors (Lipinski definition) is 5. The van der Waals surface area contributed by atoms with Crippen LogP contribution in [0.4, 0.5) is 5.69 Å². The zero-order valence-corrected chi connectivity index (χ0v) is 19.1. The summed E-state index contributed by atoms with van der Waals surface area (Å²) in [5.41, 5.74) is 1.53. The Morgan fingerprint density at radius 2 is 1.84 bits per heavy atom. The summed E-state index contributed by atoms with van der Waals surface area (Å²) in [6.45, 7) is 2.93. The average Bonchev–Trinajstić information content (AvgIpc) is 3.17. The van der Waals surface area contributed by atoms with Gasteiger partial charge in [-0.15, -0.1) is 0 Å². The Balaban J connectivity index is 1.53. The normalized spacial score (nSPS) is 17.4. The number of methoxy groups -OCH3 is 1. The summed E-state index contributed by atoms with van der Waals surface area (Å²) in [7, 11) is -2.07. The van der Waals surface area contributed by atoms with E-state index in [0.717, 1.165) is 5.56 Å². The Kier molecular flexibility index (Phi) is 8.00. The molecule has 8 nitrogen and oxygen atoms in total. The number of sulfonamides is 1. The zero-order chi connectivity index (χ0) is 23.1. The minimum absolute atomic E-state index is 0.0716. The predicted molar refractivity (Wildman–Crippen MR) is 122 cm³/mol. The molecular formula is C23H29N3O5S. The van der Waals surface area contributed by atoms with Gasteiger partial charge in [-0.2, -0.15) is 0 Å². The van der Waals surface area contributed by atoms with E-state index >= 15 is 0 Å². The van der Waals surface area contributed by atoms with E-state index in [1.165, 1.54) is 12.1 Å². The molecule has 32 heavy (non-hydrogen) atoms. The Labute approximate surface area is 189 Å². The van der Waals surface area contributed by atoms with Crippen molar-refractivity contribution in [2.24, 2.45) is 5.92 Å². The number of carbonyl (C=O) groups excluding carboxylic acids is 2. The van der Waals surface area contributed by atoms with Crippen molar-refractivity contribution in [3.05, 3.63) is 60.2 Å². The molecule has 1 saturated heterocycles. The maximum absolute atomic E-state index is 12.6. The lowest BCUT2D eigenvalue weighted by atomic mass is 10.1. The first-order valence-corrected chi connectivity index (χ1v) is 12.0. The number of likely N-dealkylation sites (tertiary alicyclic amines) is 1. The molecular weight excluding hydrogens is 430 g/mol. The Hall–Kier alpha value is -2.75. The van der Waals surface area contributed by atoms with Gasteiger partial charge in [0.05, 0.1) is 23.5 Å². The van der Waals surface area contributed by atoms with Crippen molar-refractivity contribution < 1.29 is 22.7 Å². The third kappa shape index (κ3) is 6.15. The molecule has 3 rings (SSSR count). The van der Waals surface area contributed by atoms with Gasteiger partial charge >= 0.3 is 0 Å². The first kappa shape index (κ1) is 23.9. The summed E-state index contributed by atoms with van der Waals surface area (Å²) in [5.74, 6) is -0.787. The SMILES string of the molecule is COC[C@@H](C)N1C[C@H](C(=O)Nc2ccc(S(=O)(=O)NCCc3ccccc3)cc2)CC1=O. The molecule has 9 heteroatoms. The number of ether oxygens (including phenoxy) is 1. The van der Waals surface area contributed by atoms with Crippen LogP contribution in [0.1, 0.15) is 18.9 Å². The van der Waals surface area contributed by atoms with Crippen LogP contribution in [-0.4, -0.2) is 58.0 Å². The molecule has 0 spiro atoms. The zero-order valence-electron chi connectivity index (χ0n) is 18.3. The lowest BCUT2D eigenvalue weighted by Gasteiger charge is -2.23. The minimum Gasteiger partial charge on any atom is -0.383 e. The number of benzene rings is 2. The maximum Gasteiger partial charge on any atom is 0.240 e. The molecule has 0 radical (unpaired) electrons. The Morgan fingerprint density at radius 1 is 1.16 bits per heavy atom. The molecule has 0 unspecified atom stereocenters. The van der Waals surface area contributed by atoms with Crippen LogP contribution in [0.25, 0.3) is 0 Å². The number of hydrogen-bond donors (Lipinski definition) is 2. The van der Waals surface area contributed by atoms with Crippen molar-refractivity contribution in [2.45, 2.75) is 30.7 Å². The van der Waals surface area contributed by atoms with Crippen molar-refractivity contribution in [2.75, 3.05) is 32.1 Å². The van der Waals surface area contributed by atoms with Crippen LogP contribution in [0.2, 0.25) is 0 Å². The monoisotopic (exact) mass is 459 g/mol. The third-order valence-corrected chi connectivity index (χ3v) is 6.93. The molecule has 1 heterocycles. The molecule has 1 fully saturated rings. The van der Waals surface area contributed by atoms with Crippen LogP contribution >= 0.6 is 0 Å². The van der Waals surface area contributed by atoms with E-state index in [9.17, 15) is 18.0 Å². The topological polar surface area (TPSA) is 105 Å². The van der Waals surface area contributed by atoms with Gasteiger partial charge in [-0.3, -0.25) is 9.59 Å². The third-order valence-electron chi connectivity index (χ3n) is 5.45. The van der Waals surface area contributed by atoms with E-state index in [4.69, 9.17) is 4.74 Å². The highest BCUT2D eigenvalue weighted by molar-refractivity contribution is 7.89. The fourth-order valence-corrected chi connectivity index (χ4v) is 4.72. The molecule has 2 atom stereocenters. The van der Waals surface area contributed by atoms with Crippen molar-refractivity contribution in [1.82, 2.24) is 9.62 Å². The van der Waals surface area contributed by atoms with Crippen LogP contribution < -0.4 is 10.0 Å². The number of amides is 2. The van der Waals surface area contributed by atoms with E-state index in [2.05, 4.69) is 10.0 Å². The fraction of sp³-hybridized carbons (Fsp3) is 0.391. The molecule has 0 aliphatic carbocycles. The Morgan fingerprint density at radius 3 is 2.50 bits per heavy atom. The molecule has 0 bridgehead atoms. The molecule has 2 aromatic rings. The van der Waals surface area contributed by atoms with E-state index in [-0.39, 0.29) is 29.2 Å². The second-order valence-corrected chi connectivity index (χ2v) is 9.67. The summed E-state index contributed by atoms with van der Waals surface area (Å²) in [6.07, 6.45) is 0.742. The molecule has 0 saturated carbocycles. The van der Waals surface area contributed by atoms with Crippen LogP contribution in [0.15, 0.2) is 59.5 Å². The molecule has 2 amide bonds. The molecule has 1 aliphatic heterocycles. The molecule has 0 aromatic heterocycles. The highest BCUT2D eigenvalue weighted by Gasteiger charge is 2.36. The maximum atomic E-state index is 12.6. The number of nitrogens with one attached hydrogen (secondary N) is 2. The van der Waals surface area contributed by atoms with Crippen molar-refractivity contribution in [1.29, 1.82) is 0 Å². The number of anilines is 1. The van der Waals surface area contributed by atoms with Gasteiger partial charge in [-0.1, -0.05) is 30.3 Å². The molecule has 2 aromatic carbocycles. The number of nitrogens with zero attached hydrogens (tertiary/aromatic N) is 1. The summed E-state index contributed by atoms with van der Waals surface area (Å²) >= 11 is 0. The molecule has 172 valence electrons. The first-order chi connectivity index (χ1) is 15.3. The number of rotatable bonds is 10. The van der Waals surface area contributed by atoms with Crippen molar-refractivity contribution in [3.8, 4) is 0 Å². The van der Waals surface area contributed by atoms with E-state index in [0.29, 0.717) is 31.8 Å². The van der Waals surface area contributed by atoms with Crippen molar-refractivity contribution >= 4 is 27.5 Å². The van der Waals surface area contributed by atoms with Gasteiger partial charge in [-0.25, -0.2) is 13.1 Å². The van der Waals surface area contributed by atoms with E-state index < -0.39 is 15.9 Å². The highest BCUT2D eigenvalue weighted by atomic mass is 32.2. The average molecular weight is 460 g/mol. The van der Waals surface area contributed by atoms with E-state index in [1.54, 1.807) is 24.1 Å². The minimum atomic E-state index is -3.65. The second-order valence-electron chi connectivity index (χ2n) is 7.90. The summed E-state index contributed by atoms with van der Waals surface area (Å²) in [5, 5.41) is 2.77. The van der Waals surface area contributed by atoms with Gasteiger partial charge in [0.25, 0.3) is 0 Å². The first-order valence-electron chi connectivity index (χ1n) is 10.5. The number of carbonyl (C=O) groups is 2. The van der Waals surface area contributed by atoms with Gasteiger partial charge in [0.2, 0.25) is 21.8 Å². The summed E-state index contributed by atoms with van der Waals surface area (Å²) in [4.78, 5) is 26.6. The summed E-state index contributed by atoms with van der Waals surface area (Å²) < 4.78 is 32.7. The standard InChI is InChI=1S/C23H29N3O5S/c1-17(16-31-2)26-15-19(14-22(26)27)23(28)25-20-8-10-21(11-9-20)32(29,30)24-13-12-18-6-4-3-5-7-18/h3-11,17,19,24H,12-16H2,1-2H3,(H,25,28)/t17-,19-/m1/s1. The van der Waals surface area contributed by atoms with Gasteiger partial charge in [-0.05, 0) is 43.2 Å². The van der Waals surface area contributed by atoms with Gasteiger partial charge in [0, 0.05) is 32.3 Å². The van der Waals surface area contributed by atoms with Crippen LogP contribution in [0, 0.1) is 5.92 Å². The highest BCUT2D eigenvalue weighted by Crippen LogP contribution is 2.22. The molecule has 1 aliphatic rings. The Bertz CT molecular complexity index is 1030. The van der Waals surface area contributed by atoms with Gasteiger partial charge < -0.3 is 15.0 Å². The van der Waals surface area contributed by atoms with Crippen LogP contribution in [0.5, 0.6) is 0 Å². The lowest BCUT2D eigenvalue weighted by molar-refractivity contribution is -0.130. The second kappa shape index (κ2) is 10.7. The largest absolute Gasteiger partial charge is 0.383 e. The van der Waals surface area contributed by atoms with Gasteiger partial charge in [0.15, 0.2) is 0 Å². The van der Waals surface area contributed by atoms with Crippen molar-refractivity contribution in [3.63, 3.8) is 0 Å². The quantitative estimate of drug-likeness (QED) is 0.566. The summed E-state index contributed by atoms with van der Waals surface area (Å²) in [6, 6.07) is 15.5. The molecule has 2 N–H and O–H groups in total. The predicted octanol–water partition coefficient (Wildman–Crippen LogP) is 2.03. The lowest BCUT2D eigenvalue weighted by Crippen LogP contribution is -2.38. The smallest absolute Gasteiger partial charge is 0.240 e. The van der Waals surface area contributed by atoms with Crippen LogP contribution in [0.3, 0.4) is 0 Å². The fourth-order valence-electron chi connectivity index (χ4n) is 3.68.